The molecule has 196 valence electrons. The number of piperidine rings is 2. The van der Waals surface area contributed by atoms with E-state index in [-0.39, 0.29) is 11.7 Å². The maximum Gasteiger partial charge on any atom is 0.271 e. The van der Waals surface area contributed by atoms with Gasteiger partial charge in [-0.2, -0.15) is 0 Å². The van der Waals surface area contributed by atoms with Crippen molar-refractivity contribution in [3.63, 3.8) is 0 Å². The van der Waals surface area contributed by atoms with Crippen LogP contribution in [0.2, 0.25) is 0 Å². The van der Waals surface area contributed by atoms with Crippen LogP contribution >= 0.6 is 22.6 Å². The van der Waals surface area contributed by atoms with E-state index in [0.717, 1.165) is 32.8 Å². The van der Waals surface area contributed by atoms with Crippen LogP contribution in [0.5, 0.6) is 0 Å². The van der Waals surface area contributed by atoms with E-state index in [0.29, 0.717) is 22.6 Å². The lowest BCUT2D eigenvalue weighted by Gasteiger charge is -2.38. The van der Waals surface area contributed by atoms with E-state index in [9.17, 15) is 17.6 Å². The molecular weight excluding hydrogens is 601 g/mol. The number of hydrogen-bond acceptors (Lipinski definition) is 6. The Balaban J connectivity index is 1.30. The highest BCUT2D eigenvalue weighted by Crippen LogP contribution is 2.54. The second kappa shape index (κ2) is 8.81. The van der Waals surface area contributed by atoms with Gasteiger partial charge in [-0.15, -0.1) is 10.2 Å². The predicted molar refractivity (Wildman–Crippen MR) is 140 cm³/mol. The van der Waals surface area contributed by atoms with Gasteiger partial charge in [-0.1, -0.05) is 0 Å². The fourth-order valence-electron chi connectivity index (χ4n) is 5.50. The molecule has 1 saturated carbocycles. The van der Waals surface area contributed by atoms with Gasteiger partial charge in [0.1, 0.15) is 5.82 Å². The molecule has 0 radical (unpaired) electrons. The number of aromatic nitrogens is 3. The van der Waals surface area contributed by atoms with Crippen molar-refractivity contribution in [1.82, 2.24) is 15.2 Å². The molecule has 1 spiro atoms. The lowest BCUT2D eigenvalue weighted by atomic mass is 9.93. The molecular formula is C26H26F4IN5O. The van der Waals surface area contributed by atoms with Crippen LogP contribution < -0.4 is 9.80 Å². The Morgan fingerprint density at radius 3 is 2.22 bits per heavy atom. The van der Waals surface area contributed by atoms with Crippen molar-refractivity contribution in [3.05, 3.63) is 39.6 Å². The second-order valence-corrected chi connectivity index (χ2v) is 11.9. The maximum atomic E-state index is 14.0. The molecule has 2 saturated heterocycles. The molecule has 2 aromatic heterocycles. The molecule has 0 bridgehead atoms. The molecule has 0 N–H and O–H groups in total. The molecule has 11 heteroatoms. The monoisotopic (exact) mass is 627 g/mol. The van der Waals surface area contributed by atoms with Gasteiger partial charge < -0.3 is 14.2 Å². The average Bonchev–Trinajstić information content (AvgIpc) is 3.38. The van der Waals surface area contributed by atoms with Crippen LogP contribution in [0.15, 0.2) is 34.7 Å². The van der Waals surface area contributed by atoms with E-state index in [1.807, 2.05) is 12.1 Å². The summed E-state index contributed by atoms with van der Waals surface area (Å²) in [4.78, 5) is 7.54. The van der Waals surface area contributed by atoms with Crippen molar-refractivity contribution in [3.8, 4) is 22.9 Å². The molecule has 4 heterocycles. The van der Waals surface area contributed by atoms with Crippen molar-refractivity contribution < 1.29 is 22.0 Å². The van der Waals surface area contributed by atoms with Crippen LogP contribution in [0.4, 0.5) is 29.1 Å². The molecule has 3 aliphatic rings. The quantitative estimate of drug-likeness (QED) is 0.241. The summed E-state index contributed by atoms with van der Waals surface area (Å²) in [5, 5.41) is 8.50. The van der Waals surface area contributed by atoms with E-state index in [2.05, 4.69) is 48.7 Å². The second-order valence-electron chi connectivity index (χ2n) is 10.7. The smallest absolute Gasteiger partial charge is 0.271 e. The number of alkyl halides is 4. The fourth-order valence-corrected chi connectivity index (χ4v) is 5.97. The molecule has 3 aromatic rings. The van der Waals surface area contributed by atoms with Crippen LogP contribution in [-0.2, 0) is 0 Å². The molecule has 3 fully saturated rings. The molecule has 1 aromatic carbocycles. The topological polar surface area (TPSA) is 58.3 Å². The summed E-state index contributed by atoms with van der Waals surface area (Å²) in [6, 6.07) is 9.21. The van der Waals surface area contributed by atoms with Crippen LogP contribution in [0.3, 0.4) is 0 Å². The van der Waals surface area contributed by atoms with Gasteiger partial charge in [0.15, 0.2) is 0 Å². The normalized spacial score (nSPS) is 21.9. The van der Waals surface area contributed by atoms with Crippen molar-refractivity contribution >= 4 is 34.1 Å². The molecule has 1 aliphatic carbocycles. The van der Waals surface area contributed by atoms with Crippen molar-refractivity contribution in [1.29, 1.82) is 0 Å². The lowest BCUT2D eigenvalue weighted by Crippen LogP contribution is -2.53. The first-order chi connectivity index (χ1) is 17.5. The van der Waals surface area contributed by atoms with Crippen LogP contribution in [0.25, 0.3) is 22.9 Å². The maximum absolute atomic E-state index is 14.0. The fraction of sp³-hybridized carbons (Fsp3) is 0.500. The van der Waals surface area contributed by atoms with E-state index in [1.54, 1.807) is 13.0 Å². The van der Waals surface area contributed by atoms with Gasteiger partial charge in [0, 0.05) is 27.9 Å². The number of pyridine rings is 1. The molecule has 0 atom stereocenters. The zero-order chi connectivity index (χ0) is 26.0. The zero-order valence-corrected chi connectivity index (χ0v) is 22.4. The first kappa shape index (κ1) is 24.9. The Kier molecular flexibility index (Phi) is 5.92. The zero-order valence-electron chi connectivity index (χ0n) is 20.3. The van der Waals surface area contributed by atoms with E-state index in [1.165, 1.54) is 31.7 Å². The van der Waals surface area contributed by atoms with Crippen molar-refractivity contribution in [2.24, 2.45) is 5.41 Å². The minimum atomic E-state index is -3.51. The number of rotatable bonds is 4. The third kappa shape index (κ3) is 5.15. The van der Waals surface area contributed by atoms with Gasteiger partial charge in [-0.05, 0) is 90.9 Å². The third-order valence-corrected chi connectivity index (χ3v) is 8.28. The van der Waals surface area contributed by atoms with Gasteiger partial charge in [0.05, 0.1) is 30.8 Å². The molecule has 0 unspecified atom stereocenters. The summed E-state index contributed by atoms with van der Waals surface area (Å²) < 4.78 is 63.3. The SMILES string of the molecule is Cc1cc(-c2nnc(-c3ccc(I)cc3N3CCC4(CC3)CC4)o2)cc(N2CC(F)(F)CC(F)(F)C2)n1. The number of hydrogen-bond donors (Lipinski definition) is 0. The Hall–Kier alpha value is -2.44. The summed E-state index contributed by atoms with van der Waals surface area (Å²) >= 11 is 2.29. The van der Waals surface area contributed by atoms with Gasteiger partial charge in [-0.25, -0.2) is 22.5 Å². The Morgan fingerprint density at radius 2 is 1.54 bits per heavy atom. The number of nitrogens with zero attached hydrogens (tertiary/aromatic N) is 5. The minimum absolute atomic E-state index is 0.0334. The lowest BCUT2D eigenvalue weighted by molar-refractivity contribution is -0.122. The largest absolute Gasteiger partial charge is 0.416 e. The molecule has 2 aliphatic heterocycles. The number of halogens is 5. The highest BCUT2D eigenvalue weighted by atomic mass is 127. The van der Waals surface area contributed by atoms with E-state index < -0.39 is 31.4 Å². The molecule has 6 rings (SSSR count). The van der Waals surface area contributed by atoms with Crippen LogP contribution in [0.1, 0.15) is 37.8 Å². The minimum Gasteiger partial charge on any atom is -0.416 e. The average molecular weight is 627 g/mol. The Morgan fingerprint density at radius 1 is 0.865 bits per heavy atom. The highest BCUT2D eigenvalue weighted by Gasteiger charge is 2.50. The Labute approximate surface area is 225 Å². The number of anilines is 2. The molecule has 37 heavy (non-hydrogen) atoms. The number of aryl methyl sites for hydroxylation is 1. The number of benzene rings is 1. The molecule has 6 nitrogen and oxygen atoms in total. The standard InChI is InChI=1S/C26H26F4IN5O/c1-16-10-17(11-21(32-16)36-14-25(27,28)13-26(29,30)15-36)22-33-34-23(37-22)19-3-2-18(31)12-20(19)35-8-6-24(4-5-24)7-9-35/h2-3,10-12H,4-9,13-15H2,1H3. The van der Waals surface area contributed by atoms with Crippen LogP contribution in [0, 0.1) is 15.9 Å². The predicted octanol–water partition coefficient (Wildman–Crippen LogP) is 6.57. The highest BCUT2D eigenvalue weighted by molar-refractivity contribution is 14.1. The van der Waals surface area contributed by atoms with E-state index >= 15 is 0 Å². The van der Waals surface area contributed by atoms with Crippen molar-refractivity contribution in [2.75, 3.05) is 36.0 Å². The molecule has 0 amide bonds. The van der Waals surface area contributed by atoms with Crippen LogP contribution in [-0.4, -0.2) is 53.2 Å². The summed E-state index contributed by atoms with van der Waals surface area (Å²) in [5.41, 5.74) is 3.34. The first-order valence-electron chi connectivity index (χ1n) is 12.4. The third-order valence-electron chi connectivity index (χ3n) is 7.61. The van der Waals surface area contributed by atoms with Gasteiger partial charge in [0.25, 0.3) is 11.8 Å². The van der Waals surface area contributed by atoms with Gasteiger partial charge in [-0.3, -0.25) is 0 Å². The summed E-state index contributed by atoms with van der Waals surface area (Å²) in [6.07, 6.45) is 3.56. The summed E-state index contributed by atoms with van der Waals surface area (Å²) in [6.45, 7) is 1.98. The Bertz CT molecular complexity index is 1320. The van der Waals surface area contributed by atoms with Crippen molar-refractivity contribution in [2.45, 2.75) is 50.9 Å². The van der Waals surface area contributed by atoms with Gasteiger partial charge in [0.2, 0.25) is 11.8 Å². The van der Waals surface area contributed by atoms with Gasteiger partial charge >= 0.3 is 0 Å². The summed E-state index contributed by atoms with van der Waals surface area (Å²) in [5.74, 6) is -6.47. The summed E-state index contributed by atoms with van der Waals surface area (Å²) in [7, 11) is 0. The van der Waals surface area contributed by atoms with E-state index in [4.69, 9.17) is 4.42 Å². The first-order valence-corrected chi connectivity index (χ1v) is 13.5.